The molecule has 35 heavy (non-hydrogen) atoms. The van der Waals surface area contributed by atoms with Crippen LogP contribution < -0.4 is 24.4 Å². The molecule has 7 nitrogen and oxygen atoms in total. The highest BCUT2D eigenvalue weighted by Crippen LogP contribution is 2.26. The van der Waals surface area contributed by atoms with Gasteiger partial charge >= 0.3 is 13.2 Å². The number of para-hydroxylation sites is 2. The summed E-state index contributed by atoms with van der Waals surface area (Å²) in [5, 5.41) is 3.74. The zero-order valence-corrected chi connectivity index (χ0v) is 18.1. The summed E-state index contributed by atoms with van der Waals surface area (Å²) in [5.41, 5.74) is 2.43. The minimum Gasteiger partial charge on any atom is -0.490 e. The van der Waals surface area contributed by atoms with Crippen LogP contribution in [0.5, 0.6) is 23.0 Å². The molecule has 3 aromatic carbocycles. The van der Waals surface area contributed by atoms with Crippen LogP contribution in [0.4, 0.5) is 17.6 Å². The van der Waals surface area contributed by atoms with Gasteiger partial charge in [0.1, 0.15) is 36.2 Å². The van der Waals surface area contributed by atoms with Crippen molar-refractivity contribution in [3.05, 3.63) is 83.9 Å². The first-order chi connectivity index (χ1) is 16.9. The summed E-state index contributed by atoms with van der Waals surface area (Å²) in [6.07, 6.45) is 1.03. The number of carbonyl (C=O) groups excluding carboxylic acids is 1. The molecule has 0 spiro atoms. The Morgan fingerprint density at radius 2 is 1.49 bits per heavy atom. The Hall–Kier alpha value is -4.28. The van der Waals surface area contributed by atoms with Gasteiger partial charge in [-0.1, -0.05) is 30.3 Å². The van der Waals surface area contributed by atoms with Gasteiger partial charge in [-0.05, 0) is 36.4 Å². The van der Waals surface area contributed by atoms with Crippen LogP contribution in [0.25, 0.3) is 0 Å². The van der Waals surface area contributed by atoms with Crippen molar-refractivity contribution in [1.29, 1.82) is 0 Å². The summed E-state index contributed by atoms with van der Waals surface area (Å²) in [6, 6.07) is 18.7. The molecule has 0 bridgehead atoms. The molecule has 1 amide bonds. The van der Waals surface area contributed by atoms with Crippen LogP contribution in [0.3, 0.4) is 0 Å². The van der Waals surface area contributed by atoms with E-state index in [1.54, 1.807) is 30.3 Å². The Morgan fingerprint density at radius 3 is 2.23 bits per heavy atom. The van der Waals surface area contributed by atoms with Crippen LogP contribution in [0.2, 0.25) is 0 Å². The molecule has 0 saturated carbocycles. The lowest BCUT2D eigenvalue weighted by Gasteiger charge is -2.12. The van der Waals surface area contributed by atoms with Crippen molar-refractivity contribution >= 4 is 12.1 Å². The normalized spacial score (nSPS) is 11.0. The molecule has 3 aromatic rings. The summed E-state index contributed by atoms with van der Waals surface area (Å²) in [4.78, 5) is 12.6. The largest absolute Gasteiger partial charge is 0.490 e. The predicted octanol–water partition coefficient (Wildman–Crippen LogP) is 5.11. The first kappa shape index (κ1) is 25.3. The second-order valence-electron chi connectivity index (χ2n) is 6.66. The van der Waals surface area contributed by atoms with E-state index >= 15 is 0 Å². The van der Waals surface area contributed by atoms with Gasteiger partial charge in [0, 0.05) is 11.6 Å². The number of halogens is 4. The fourth-order valence-electron chi connectivity index (χ4n) is 2.82. The molecule has 11 heteroatoms. The zero-order valence-electron chi connectivity index (χ0n) is 18.1. The molecule has 1 N–H and O–H groups in total. The third-order valence-corrected chi connectivity index (χ3v) is 4.28. The van der Waals surface area contributed by atoms with Crippen LogP contribution >= 0.6 is 0 Å². The third kappa shape index (κ3) is 8.22. The average Bonchev–Trinajstić information content (AvgIpc) is 2.83. The van der Waals surface area contributed by atoms with Crippen LogP contribution in [0, 0.1) is 0 Å². The number of hydrazone groups is 1. The van der Waals surface area contributed by atoms with Gasteiger partial charge in [0.2, 0.25) is 0 Å². The highest BCUT2D eigenvalue weighted by Gasteiger charge is 2.14. The predicted molar refractivity (Wildman–Crippen MR) is 119 cm³/mol. The maximum atomic E-state index is 12.7. The van der Waals surface area contributed by atoms with Crippen molar-refractivity contribution in [2.75, 3.05) is 13.2 Å². The van der Waals surface area contributed by atoms with Crippen molar-refractivity contribution in [3.63, 3.8) is 0 Å². The van der Waals surface area contributed by atoms with Gasteiger partial charge in [0.05, 0.1) is 11.8 Å². The van der Waals surface area contributed by atoms with E-state index in [2.05, 4.69) is 20.0 Å². The number of ether oxygens (including phenoxy) is 4. The van der Waals surface area contributed by atoms with Crippen molar-refractivity contribution in [2.45, 2.75) is 13.2 Å². The Labute approximate surface area is 197 Å². The Bertz CT molecular complexity index is 1130. The minimum atomic E-state index is -3.21. The molecule has 0 aromatic heterocycles. The van der Waals surface area contributed by atoms with E-state index < -0.39 is 24.9 Å². The molecule has 0 saturated heterocycles. The summed E-state index contributed by atoms with van der Waals surface area (Å²) in [5.74, 6) is -0.500. The maximum Gasteiger partial charge on any atom is 0.387 e. The number of amides is 1. The maximum absolute atomic E-state index is 12.7. The van der Waals surface area contributed by atoms with Crippen LogP contribution in [0.15, 0.2) is 77.9 Å². The quantitative estimate of drug-likeness (QED) is 0.165. The van der Waals surface area contributed by atoms with Gasteiger partial charge in [-0.15, -0.1) is 0 Å². The number of nitrogens with zero attached hydrogens (tertiary/aromatic N) is 1. The van der Waals surface area contributed by atoms with Crippen molar-refractivity contribution in [2.24, 2.45) is 5.10 Å². The number of alkyl halides is 4. The summed E-state index contributed by atoms with van der Waals surface area (Å²) in [7, 11) is 0. The van der Waals surface area contributed by atoms with Gasteiger partial charge in [0.15, 0.2) is 0 Å². The first-order valence-corrected chi connectivity index (χ1v) is 10.2. The Morgan fingerprint density at radius 1 is 0.800 bits per heavy atom. The van der Waals surface area contributed by atoms with Crippen molar-refractivity contribution < 1.29 is 41.3 Å². The van der Waals surface area contributed by atoms with Gasteiger partial charge < -0.3 is 18.9 Å². The smallest absolute Gasteiger partial charge is 0.387 e. The van der Waals surface area contributed by atoms with Crippen molar-refractivity contribution in [3.8, 4) is 23.0 Å². The van der Waals surface area contributed by atoms with Crippen molar-refractivity contribution in [1.82, 2.24) is 5.43 Å². The van der Waals surface area contributed by atoms with E-state index in [4.69, 9.17) is 9.47 Å². The van der Waals surface area contributed by atoms with Crippen LogP contribution in [-0.4, -0.2) is 38.6 Å². The molecule has 0 aliphatic carbocycles. The third-order valence-electron chi connectivity index (χ3n) is 4.28. The molecular formula is C24H20F4N2O5. The lowest BCUT2D eigenvalue weighted by molar-refractivity contribution is -0.0543. The SMILES string of the molecule is O=C(N/N=C/c1ccc(OC(F)F)cc1OC(F)F)c1ccccc1OCCOc1ccccc1. The number of hydrogen-bond acceptors (Lipinski definition) is 6. The molecule has 0 radical (unpaired) electrons. The van der Waals surface area contributed by atoms with E-state index in [0.717, 1.165) is 18.3 Å². The molecule has 3 rings (SSSR count). The number of benzene rings is 3. The van der Waals surface area contributed by atoms with Crippen LogP contribution in [-0.2, 0) is 0 Å². The van der Waals surface area contributed by atoms with Gasteiger partial charge in [-0.2, -0.15) is 22.7 Å². The average molecular weight is 492 g/mol. The lowest BCUT2D eigenvalue weighted by atomic mass is 10.2. The first-order valence-electron chi connectivity index (χ1n) is 10.2. The monoisotopic (exact) mass is 492 g/mol. The summed E-state index contributed by atoms with van der Waals surface area (Å²) >= 11 is 0. The fraction of sp³-hybridized carbons (Fsp3) is 0.167. The standard InChI is InChI=1S/C24H20F4N2O5/c25-23(26)34-18-11-10-16(21(14-18)35-24(27)28)15-29-30-22(31)19-8-4-5-9-20(19)33-13-12-32-17-6-2-1-3-7-17/h1-11,14-15,23-24H,12-13H2,(H,30,31)/b29-15+. The zero-order chi connectivity index (χ0) is 25.0. The number of rotatable bonds is 12. The Kier molecular flexibility index (Phi) is 9.29. The highest BCUT2D eigenvalue weighted by atomic mass is 19.3. The molecule has 0 aliphatic heterocycles. The molecule has 0 fully saturated rings. The molecular weight excluding hydrogens is 472 g/mol. The lowest BCUT2D eigenvalue weighted by Crippen LogP contribution is -2.19. The van der Waals surface area contributed by atoms with E-state index in [9.17, 15) is 22.4 Å². The second kappa shape index (κ2) is 12.8. The molecule has 184 valence electrons. The van der Waals surface area contributed by atoms with Gasteiger partial charge in [0.25, 0.3) is 5.91 Å². The summed E-state index contributed by atoms with van der Waals surface area (Å²) in [6.45, 7) is -5.94. The fourth-order valence-corrected chi connectivity index (χ4v) is 2.82. The molecule has 0 heterocycles. The van der Waals surface area contributed by atoms with E-state index in [-0.39, 0.29) is 35.8 Å². The van der Waals surface area contributed by atoms with E-state index in [0.29, 0.717) is 5.75 Å². The topological polar surface area (TPSA) is 78.4 Å². The Balaban J connectivity index is 1.61. The number of hydrogen-bond donors (Lipinski definition) is 1. The van der Waals surface area contributed by atoms with Crippen LogP contribution in [0.1, 0.15) is 15.9 Å². The van der Waals surface area contributed by atoms with Gasteiger partial charge in [-0.25, -0.2) is 5.43 Å². The molecule has 0 atom stereocenters. The number of nitrogens with one attached hydrogen (secondary N) is 1. The highest BCUT2D eigenvalue weighted by molar-refractivity contribution is 5.97. The summed E-state index contributed by atoms with van der Waals surface area (Å²) < 4.78 is 69.8. The van der Waals surface area contributed by atoms with E-state index in [1.807, 2.05) is 18.2 Å². The number of carbonyl (C=O) groups is 1. The minimum absolute atomic E-state index is 0.00480. The van der Waals surface area contributed by atoms with E-state index in [1.165, 1.54) is 12.1 Å². The van der Waals surface area contributed by atoms with Gasteiger partial charge in [-0.3, -0.25) is 4.79 Å². The molecule has 0 unspecified atom stereocenters. The second-order valence-corrected chi connectivity index (χ2v) is 6.66. The molecule has 0 aliphatic rings.